The van der Waals surface area contributed by atoms with Crippen molar-refractivity contribution in [2.75, 3.05) is 13.2 Å². The summed E-state index contributed by atoms with van der Waals surface area (Å²) in [6.07, 6.45) is 0. The number of benzene rings is 1. The lowest BCUT2D eigenvalue weighted by molar-refractivity contribution is -0.123. The van der Waals surface area contributed by atoms with Gasteiger partial charge in [0.2, 0.25) is 0 Å². The van der Waals surface area contributed by atoms with E-state index >= 15 is 0 Å². The topological polar surface area (TPSA) is 75.6 Å². The van der Waals surface area contributed by atoms with Gasteiger partial charge in [-0.2, -0.15) is 0 Å². The van der Waals surface area contributed by atoms with Crippen LogP contribution in [0.15, 0.2) is 18.2 Å². The monoisotopic (exact) mass is 257 g/mol. The number of hydrogen-bond donors (Lipinski definition) is 2. The molecule has 0 aliphatic heterocycles. The summed E-state index contributed by atoms with van der Waals surface area (Å²) in [6.45, 7) is 2.05. The van der Waals surface area contributed by atoms with Gasteiger partial charge in [0.1, 0.15) is 11.3 Å². The molecule has 0 aromatic heterocycles. The van der Waals surface area contributed by atoms with E-state index in [0.29, 0.717) is 11.6 Å². The van der Waals surface area contributed by atoms with Crippen LogP contribution in [0.4, 0.5) is 0 Å². The van der Waals surface area contributed by atoms with Gasteiger partial charge in [0, 0.05) is 11.6 Å². The van der Waals surface area contributed by atoms with Crippen LogP contribution in [0.25, 0.3) is 0 Å². The number of carboxylic acid groups (broad SMARTS) is 1. The second kappa shape index (κ2) is 6.10. The number of aromatic carboxylic acids is 1. The molecule has 0 radical (unpaired) electrons. The van der Waals surface area contributed by atoms with E-state index < -0.39 is 5.97 Å². The van der Waals surface area contributed by atoms with Gasteiger partial charge in [-0.05, 0) is 25.1 Å². The van der Waals surface area contributed by atoms with E-state index in [-0.39, 0.29) is 23.8 Å². The fraction of sp³-hybridized carbons (Fsp3) is 0.273. The molecule has 1 aromatic rings. The van der Waals surface area contributed by atoms with Gasteiger partial charge in [0.05, 0.1) is 0 Å². The summed E-state index contributed by atoms with van der Waals surface area (Å²) in [5, 5.41) is 11.8. The number of halogens is 1. The first-order valence-corrected chi connectivity index (χ1v) is 5.34. The van der Waals surface area contributed by atoms with Crippen LogP contribution in [0.3, 0.4) is 0 Å². The first-order chi connectivity index (χ1) is 8.04. The smallest absolute Gasteiger partial charge is 0.339 e. The summed E-state index contributed by atoms with van der Waals surface area (Å²) >= 11 is 5.68. The minimum Gasteiger partial charge on any atom is -0.483 e. The predicted octanol–water partition coefficient (Wildman–Crippen LogP) is 1.55. The lowest BCUT2D eigenvalue weighted by Crippen LogP contribution is -2.28. The molecule has 92 valence electrons. The first-order valence-electron chi connectivity index (χ1n) is 4.97. The highest BCUT2D eigenvalue weighted by Gasteiger charge is 2.13. The van der Waals surface area contributed by atoms with E-state index in [1.165, 1.54) is 18.2 Å². The maximum atomic E-state index is 11.2. The normalized spacial score (nSPS) is 9.76. The number of amides is 1. The Hall–Kier alpha value is -1.75. The summed E-state index contributed by atoms with van der Waals surface area (Å²) < 4.78 is 5.12. The molecular formula is C11H12ClNO4. The number of carboxylic acids is 1. The molecule has 0 saturated heterocycles. The van der Waals surface area contributed by atoms with Crippen LogP contribution in [-0.4, -0.2) is 30.1 Å². The Bertz CT molecular complexity index is 433. The van der Waals surface area contributed by atoms with Crippen LogP contribution in [0, 0.1) is 0 Å². The van der Waals surface area contributed by atoms with Crippen LogP contribution in [-0.2, 0) is 4.79 Å². The van der Waals surface area contributed by atoms with Gasteiger partial charge < -0.3 is 15.2 Å². The van der Waals surface area contributed by atoms with E-state index in [4.69, 9.17) is 21.4 Å². The van der Waals surface area contributed by atoms with Crippen molar-refractivity contribution in [1.82, 2.24) is 5.32 Å². The van der Waals surface area contributed by atoms with Crippen molar-refractivity contribution in [3.63, 3.8) is 0 Å². The standard InChI is InChI=1S/C11H12ClNO4/c1-2-13-10(14)6-17-9-4-3-7(12)5-8(9)11(15)16/h3-5H,2,6H2,1H3,(H,13,14)(H,15,16). The molecule has 0 unspecified atom stereocenters. The molecule has 0 atom stereocenters. The molecule has 0 aliphatic rings. The highest BCUT2D eigenvalue weighted by Crippen LogP contribution is 2.22. The third-order valence-corrected chi connectivity index (χ3v) is 2.14. The molecule has 0 fully saturated rings. The molecule has 2 N–H and O–H groups in total. The molecule has 0 saturated carbocycles. The summed E-state index contributed by atoms with van der Waals surface area (Å²) in [6, 6.07) is 4.20. The van der Waals surface area contributed by atoms with Crippen LogP contribution >= 0.6 is 11.6 Å². The number of rotatable bonds is 5. The van der Waals surface area contributed by atoms with Crippen molar-refractivity contribution < 1.29 is 19.4 Å². The number of hydrogen-bond acceptors (Lipinski definition) is 3. The third-order valence-electron chi connectivity index (χ3n) is 1.90. The van der Waals surface area contributed by atoms with Crippen molar-refractivity contribution in [1.29, 1.82) is 0 Å². The van der Waals surface area contributed by atoms with E-state index in [0.717, 1.165) is 0 Å². The second-order valence-electron chi connectivity index (χ2n) is 3.19. The first kappa shape index (κ1) is 13.3. The number of ether oxygens (including phenoxy) is 1. The molecule has 0 aliphatic carbocycles. The second-order valence-corrected chi connectivity index (χ2v) is 3.62. The van der Waals surface area contributed by atoms with Gasteiger partial charge in [-0.15, -0.1) is 0 Å². The van der Waals surface area contributed by atoms with Gasteiger partial charge in [0.25, 0.3) is 5.91 Å². The molecule has 0 bridgehead atoms. The van der Waals surface area contributed by atoms with Crippen LogP contribution < -0.4 is 10.1 Å². The zero-order valence-electron chi connectivity index (χ0n) is 9.20. The fourth-order valence-electron chi connectivity index (χ4n) is 1.19. The zero-order chi connectivity index (χ0) is 12.8. The van der Waals surface area contributed by atoms with Crippen molar-refractivity contribution in [3.8, 4) is 5.75 Å². The number of nitrogens with one attached hydrogen (secondary N) is 1. The molecule has 5 nitrogen and oxygen atoms in total. The van der Waals surface area contributed by atoms with Crippen LogP contribution in [0.1, 0.15) is 17.3 Å². The third kappa shape index (κ3) is 3.96. The van der Waals surface area contributed by atoms with E-state index in [1.807, 2.05) is 0 Å². The SMILES string of the molecule is CCNC(=O)COc1ccc(Cl)cc1C(=O)O. The molecule has 1 amide bonds. The van der Waals surface area contributed by atoms with Crippen molar-refractivity contribution >= 4 is 23.5 Å². The average Bonchev–Trinajstić information content (AvgIpc) is 2.27. The number of carbonyl (C=O) groups is 2. The van der Waals surface area contributed by atoms with E-state index in [9.17, 15) is 9.59 Å². The fourth-order valence-corrected chi connectivity index (χ4v) is 1.36. The van der Waals surface area contributed by atoms with Crippen LogP contribution in [0.2, 0.25) is 5.02 Å². The Balaban J connectivity index is 2.77. The van der Waals surface area contributed by atoms with Crippen molar-refractivity contribution in [2.45, 2.75) is 6.92 Å². The molecule has 0 heterocycles. The number of likely N-dealkylation sites (N-methyl/N-ethyl adjacent to an activating group) is 1. The van der Waals surface area contributed by atoms with Crippen molar-refractivity contribution in [3.05, 3.63) is 28.8 Å². The average molecular weight is 258 g/mol. The zero-order valence-corrected chi connectivity index (χ0v) is 9.95. The minimum atomic E-state index is -1.15. The Kier molecular flexibility index (Phi) is 4.78. The summed E-state index contributed by atoms with van der Waals surface area (Å²) in [5.74, 6) is -1.34. The summed E-state index contributed by atoms with van der Waals surface area (Å²) in [4.78, 5) is 22.1. The molecule has 0 spiro atoms. The quantitative estimate of drug-likeness (QED) is 0.839. The Morgan fingerprint density at radius 2 is 2.18 bits per heavy atom. The largest absolute Gasteiger partial charge is 0.483 e. The Morgan fingerprint density at radius 3 is 2.76 bits per heavy atom. The lowest BCUT2D eigenvalue weighted by Gasteiger charge is -2.09. The molecular weight excluding hydrogens is 246 g/mol. The Morgan fingerprint density at radius 1 is 1.47 bits per heavy atom. The van der Waals surface area contributed by atoms with Gasteiger partial charge in [0.15, 0.2) is 6.61 Å². The molecule has 1 aromatic carbocycles. The highest BCUT2D eigenvalue weighted by molar-refractivity contribution is 6.31. The van der Waals surface area contributed by atoms with Gasteiger partial charge in [-0.3, -0.25) is 4.79 Å². The molecule has 1 rings (SSSR count). The van der Waals surface area contributed by atoms with Gasteiger partial charge in [-0.25, -0.2) is 4.79 Å². The highest BCUT2D eigenvalue weighted by atomic mass is 35.5. The number of carbonyl (C=O) groups excluding carboxylic acids is 1. The Labute approximate surface area is 103 Å². The maximum Gasteiger partial charge on any atom is 0.339 e. The van der Waals surface area contributed by atoms with Gasteiger partial charge >= 0.3 is 5.97 Å². The molecule has 6 heteroatoms. The van der Waals surface area contributed by atoms with E-state index in [2.05, 4.69) is 5.32 Å². The lowest BCUT2D eigenvalue weighted by atomic mass is 10.2. The van der Waals surface area contributed by atoms with Gasteiger partial charge in [-0.1, -0.05) is 11.6 Å². The summed E-state index contributed by atoms with van der Waals surface area (Å²) in [5.41, 5.74) is -0.0678. The molecule has 17 heavy (non-hydrogen) atoms. The maximum absolute atomic E-state index is 11.2. The predicted molar refractivity (Wildman–Crippen MR) is 62.6 cm³/mol. The van der Waals surface area contributed by atoms with Crippen molar-refractivity contribution in [2.24, 2.45) is 0 Å². The minimum absolute atomic E-state index is 0.0678. The summed E-state index contributed by atoms with van der Waals surface area (Å²) in [7, 11) is 0. The van der Waals surface area contributed by atoms with E-state index in [1.54, 1.807) is 6.92 Å². The van der Waals surface area contributed by atoms with Crippen LogP contribution in [0.5, 0.6) is 5.75 Å².